The zero-order valence-electron chi connectivity index (χ0n) is 12.3. The normalized spacial score (nSPS) is 25.6. The molecule has 0 spiro atoms. The van der Waals surface area contributed by atoms with Crippen molar-refractivity contribution in [1.82, 2.24) is 20.0 Å². The number of aromatic nitrogens is 2. The Kier molecular flexibility index (Phi) is 3.67. The maximum atomic E-state index is 12.5. The summed E-state index contributed by atoms with van der Waals surface area (Å²) in [5.74, 6) is -0.0508. The summed E-state index contributed by atoms with van der Waals surface area (Å²) < 4.78 is 5.75. The van der Waals surface area contributed by atoms with E-state index in [2.05, 4.69) is 10.2 Å². The van der Waals surface area contributed by atoms with Gasteiger partial charge < -0.3 is 14.5 Å². The number of hydrogen-bond donors (Lipinski definition) is 1. The number of morpholine rings is 1. The Morgan fingerprint density at radius 3 is 2.90 bits per heavy atom. The van der Waals surface area contributed by atoms with Gasteiger partial charge in [-0.05, 0) is 19.4 Å². The number of aryl methyl sites for hydroxylation is 1. The summed E-state index contributed by atoms with van der Waals surface area (Å²) in [7, 11) is 0. The monoisotopic (exact) mass is 292 g/mol. The average molecular weight is 292 g/mol. The number of rotatable bonds is 1. The maximum absolute atomic E-state index is 12.5. The summed E-state index contributed by atoms with van der Waals surface area (Å²) in [6.45, 7) is 5.75. The van der Waals surface area contributed by atoms with Crippen LogP contribution in [0, 0.1) is 6.92 Å². The van der Waals surface area contributed by atoms with Crippen LogP contribution in [-0.2, 0) is 9.53 Å². The molecule has 114 valence electrons. The molecule has 0 saturated carbocycles. The first-order valence-corrected chi connectivity index (χ1v) is 7.26. The lowest BCUT2D eigenvalue weighted by molar-refractivity contribution is -0.149. The number of piperidine rings is 1. The van der Waals surface area contributed by atoms with Gasteiger partial charge in [0.1, 0.15) is 5.69 Å². The average Bonchev–Trinajstić information content (AvgIpc) is 2.91. The standard InChI is InChI=1S/C14H20N4O3/c1-9-7-11(16-15-9)14(20)17-4-3-13-12(8-17)18(10(2)19)5-6-21-13/h7,12-13H,3-6,8H2,1-2H3,(H,15,16)/t12-,13-/m0/s1. The van der Waals surface area contributed by atoms with Crippen molar-refractivity contribution in [2.45, 2.75) is 32.4 Å². The van der Waals surface area contributed by atoms with Crippen LogP contribution in [0.1, 0.15) is 29.5 Å². The Hall–Kier alpha value is -1.89. The quantitative estimate of drug-likeness (QED) is 0.801. The van der Waals surface area contributed by atoms with Crippen molar-refractivity contribution in [2.24, 2.45) is 0 Å². The first-order valence-electron chi connectivity index (χ1n) is 7.26. The van der Waals surface area contributed by atoms with Crippen molar-refractivity contribution in [3.05, 3.63) is 17.5 Å². The van der Waals surface area contributed by atoms with E-state index in [9.17, 15) is 9.59 Å². The van der Waals surface area contributed by atoms with E-state index in [1.54, 1.807) is 17.9 Å². The molecule has 2 amide bonds. The van der Waals surface area contributed by atoms with Crippen molar-refractivity contribution in [1.29, 1.82) is 0 Å². The number of fused-ring (bicyclic) bond motifs is 1. The van der Waals surface area contributed by atoms with Crippen LogP contribution >= 0.6 is 0 Å². The Balaban J connectivity index is 1.74. The van der Waals surface area contributed by atoms with E-state index in [1.165, 1.54) is 0 Å². The van der Waals surface area contributed by atoms with E-state index >= 15 is 0 Å². The second kappa shape index (κ2) is 5.48. The third-order valence-electron chi connectivity index (χ3n) is 4.20. The lowest BCUT2D eigenvalue weighted by Gasteiger charge is -2.46. The number of carbonyl (C=O) groups excluding carboxylic acids is 2. The van der Waals surface area contributed by atoms with Crippen LogP contribution in [0.4, 0.5) is 0 Å². The van der Waals surface area contributed by atoms with Crippen molar-refractivity contribution in [3.63, 3.8) is 0 Å². The fraction of sp³-hybridized carbons (Fsp3) is 0.643. The van der Waals surface area contributed by atoms with Gasteiger partial charge in [-0.1, -0.05) is 0 Å². The van der Waals surface area contributed by atoms with Crippen LogP contribution in [0.3, 0.4) is 0 Å². The molecule has 2 saturated heterocycles. The second-order valence-corrected chi connectivity index (χ2v) is 5.67. The van der Waals surface area contributed by atoms with Crippen LogP contribution < -0.4 is 0 Å². The first-order chi connectivity index (χ1) is 10.1. The van der Waals surface area contributed by atoms with Crippen molar-refractivity contribution in [2.75, 3.05) is 26.2 Å². The number of nitrogens with one attached hydrogen (secondary N) is 1. The van der Waals surface area contributed by atoms with Crippen LogP contribution in [-0.4, -0.2) is 70.2 Å². The number of likely N-dealkylation sites (tertiary alicyclic amines) is 1. The van der Waals surface area contributed by atoms with Gasteiger partial charge in [-0.15, -0.1) is 0 Å². The molecular formula is C14H20N4O3. The molecule has 3 rings (SSSR count). The SMILES string of the molecule is CC(=O)N1CCO[C@H]2CCN(C(=O)c3cc(C)[nH]n3)C[C@@H]21. The third-order valence-corrected chi connectivity index (χ3v) is 4.20. The van der Waals surface area contributed by atoms with Crippen LogP contribution in [0.15, 0.2) is 6.07 Å². The summed E-state index contributed by atoms with van der Waals surface area (Å²) in [4.78, 5) is 27.8. The largest absolute Gasteiger partial charge is 0.374 e. The zero-order valence-corrected chi connectivity index (χ0v) is 12.3. The number of carbonyl (C=O) groups is 2. The van der Waals surface area contributed by atoms with E-state index in [0.717, 1.165) is 12.1 Å². The fourth-order valence-electron chi connectivity index (χ4n) is 3.14. The predicted octanol–water partition coefficient (Wildman–Crippen LogP) is 0.180. The topological polar surface area (TPSA) is 78.5 Å². The van der Waals surface area contributed by atoms with E-state index in [-0.39, 0.29) is 24.0 Å². The summed E-state index contributed by atoms with van der Waals surface area (Å²) in [5, 5.41) is 6.81. The minimum absolute atomic E-state index is 0.0348. The van der Waals surface area contributed by atoms with Gasteiger partial charge in [-0.3, -0.25) is 14.7 Å². The lowest BCUT2D eigenvalue weighted by Crippen LogP contribution is -2.61. The molecule has 21 heavy (non-hydrogen) atoms. The van der Waals surface area contributed by atoms with Gasteiger partial charge in [0, 0.05) is 32.3 Å². The molecule has 0 bridgehead atoms. The summed E-state index contributed by atoms with van der Waals surface area (Å²) >= 11 is 0. The van der Waals surface area contributed by atoms with Gasteiger partial charge in [0.05, 0.1) is 18.8 Å². The molecule has 1 N–H and O–H groups in total. The lowest BCUT2D eigenvalue weighted by atomic mass is 9.98. The van der Waals surface area contributed by atoms with E-state index < -0.39 is 0 Å². The second-order valence-electron chi connectivity index (χ2n) is 5.67. The molecule has 7 nitrogen and oxygen atoms in total. The Morgan fingerprint density at radius 2 is 2.24 bits per heavy atom. The highest BCUT2D eigenvalue weighted by molar-refractivity contribution is 5.92. The van der Waals surface area contributed by atoms with Crippen LogP contribution in [0.25, 0.3) is 0 Å². The van der Waals surface area contributed by atoms with Gasteiger partial charge in [0.15, 0.2) is 0 Å². The Bertz CT molecular complexity index is 556. The van der Waals surface area contributed by atoms with Gasteiger partial charge in [0.25, 0.3) is 5.91 Å². The summed E-state index contributed by atoms with van der Waals surface area (Å²) in [6, 6.07) is 1.70. The highest BCUT2D eigenvalue weighted by Crippen LogP contribution is 2.24. The Labute approximate surface area is 123 Å². The van der Waals surface area contributed by atoms with Gasteiger partial charge >= 0.3 is 0 Å². The number of amides is 2. The highest BCUT2D eigenvalue weighted by atomic mass is 16.5. The summed E-state index contributed by atoms with van der Waals surface area (Å²) in [6.07, 6.45) is 0.788. The molecule has 1 aromatic rings. The molecule has 0 radical (unpaired) electrons. The molecule has 7 heteroatoms. The molecule has 0 aliphatic carbocycles. The van der Waals surface area contributed by atoms with Crippen molar-refractivity contribution < 1.29 is 14.3 Å². The van der Waals surface area contributed by atoms with Gasteiger partial charge in [-0.2, -0.15) is 5.10 Å². The van der Waals surface area contributed by atoms with E-state index in [0.29, 0.717) is 31.9 Å². The molecule has 2 fully saturated rings. The smallest absolute Gasteiger partial charge is 0.274 e. The minimum atomic E-state index is -0.0909. The van der Waals surface area contributed by atoms with E-state index in [4.69, 9.17) is 4.74 Å². The minimum Gasteiger partial charge on any atom is -0.374 e. The van der Waals surface area contributed by atoms with Crippen molar-refractivity contribution >= 4 is 11.8 Å². The van der Waals surface area contributed by atoms with Crippen LogP contribution in [0.2, 0.25) is 0 Å². The maximum Gasteiger partial charge on any atom is 0.274 e. The first kappa shape index (κ1) is 14.1. The van der Waals surface area contributed by atoms with Crippen molar-refractivity contribution in [3.8, 4) is 0 Å². The molecule has 0 aromatic carbocycles. The molecule has 3 heterocycles. The Morgan fingerprint density at radius 1 is 1.43 bits per heavy atom. The van der Waals surface area contributed by atoms with Gasteiger partial charge in [0.2, 0.25) is 5.91 Å². The van der Waals surface area contributed by atoms with E-state index in [1.807, 2.05) is 11.8 Å². The molecule has 0 unspecified atom stereocenters. The molecule has 1 aromatic heterocycles. The fourth-order valence-corrected chi connectivity index (χ4v) is 3.14. The number of aromatic amines is 1. The highest BCUT2D eigenvalue weighted by Gasteiger charge is 2.39. The predicted molar refractivity (Wildman–Crippen MR) is 74.8 cm³/mol. The molecule has 2 aliphatic heterocycles. The zero-order chi connectivity index (χ0) is 15.0. The molecular weight excluding hydrogens is 272 g/mol. The number of nitrogens with zero attached hydrogens (tertiary/aromatic N) is 3. The number of ether oxygens (including phenoxy) is 1. The number of H-pyrrole nitrogens is 1. The number of hydrogen-bond acceptors (Lipinski definition) is 4. The third kappa shape index (κ3) is 2.65. The van der Waals surface area contributed by atoms with Crippen LogP contribution in [0.5, 0.6) is 0 Å². The molecule has 2 atom stereocenters. The molecule has 2 aliphatic rings. The van der Waals surface area contributed by atoms with Gasteiger partial charge in [-0.25, -0.2) is 0 Å². The summed E-state index contributed by atoms with van der Waals surface area (Å²) in [5.41, 5.74) is 1.29.